The molecule has 1 saturated heterocycles. The topological polar surface area (TPSA) is 201 Å². The quantitative estimate of drug-likeness (QED) is 0.185. The molecule has 2 aromatic heterocycles. The lowest BCUT2D eigenvalue weighted by molar-refractivity contribution is -0.151. The Morgan fingerprint density at radius 1 is 1.29 bits per heavy atom. The zero-order valence-corrected chi connectivity index (χ0v) is 23.7. The van der Waals surface area contributed by atoms with Gasteiger partial charge in [0, 0.05) is 0 Å². The minimum Gasteiger partial charge on any atom is -0.463 e. The number of anilines is 1. The van der Waals surface area contributed by atoms with E-state index in [0.717, 1.165) is 10.9 Å². The summed E-state index contributed by atoms with van der Waals surface area (Å²) >= 11 is 0. The third-order valence-electron chi connectivity index (χ3n) is 6.48. The minimum atomic E-state index is -4.17. The number of fused-ring (bicyclic) bond motifs is 1. The van der Waals surface area contributed by atoms with E-state index in [-0.39, 0.29) is 22.9 Å². The van der Waals surface area contributed by atoms with Crippen LogP contribution in [0.5, 0.6) is 5.75 Å². The van der Waals surface area contributed by atoms with Crippen molar-refractivity contribution in [3.63, 3.8) is 0 Å². The summed E-state index contributed by atoms with van der Waals surface area (Å²) in [7, 11) is -4.17. The summed E-state index contributed by atoms with van der Waals surface area (Å²) in [5.74, 6) is -1.59. The zero-order valence-electron chi connectivity index (χ0n) is 22.8. The van der Waals surface area contributed by atoms with Crippen LogP contribution >= 0.6 is 7.60 Å². The Balaban J connectivity index is 1.63. The summed E-state index contributed by atoms with van der Waals surface area (Å²) in [6, 6.07) is 8.11. The lowest BCUT2D eigenvalue weighted by Gasteiger charge is -2.30. The first-order valence-corrected chi connectivity index (χ1v) is 14.6. The highest BCUT2D eigenvalue weighted by molar-refractivity contribution is 7.54. The second kappa shape index (κ2) is 11.9. The average molecular weight is 598 g/mol. The molecule has 5 N–H and O–H groups in total. The molecule has 0 bridgehead atoms. The molecule has 3 heterocycles. The lowest BCUT2D eigenvalue weighted by atomic mass is 9.93. The molecule has 1 aliphatic rings. The molecule has 0 spiro atoms. The maximum Gasteiger partial charge on any atom is 0.380 e. The van der Waals surface area contributed by atoms with Crippen LogP contribution in [-0.4, -0.2) is 78.6 Å². The fourth-order valence-electron chi connectivity index (χ4n) is 4.52. The minimum absolute atomic E-state index is 0.125. The number of benzene rings is 1. The van der Waals surface area contributed by atoms with Gasteiger partial charge in [0.15, 0.2) is 23.0 Å². The molecule has 1 aromatic carbocycles. The van der Waals surface area contributed by atoms with E-state index in [4.69, 9.17) is 24.3 Å². The second-order valence-electron chi connectivity index (χ2n) is 10.2. The van der Waals surface area contributed by atoms with Gasteiger partial charge in [-0.15, -0.1) is 0 Å². The number of imidazole rings is 1. The highest BCUT2D eigenvalue weighted by atomic mass is 31.2. The number of aromatic amines is 1. The number of alkyl halides is 1. The standard InChI is InChI=1S/C25H33FN5O9P/c1-13(2)37-22(34)14(3)10-41(36,40-16-8-6-5-7-9-16)39-15(4)18-19(32)25(35,11-26)23(38-18)31-12-28-17-20(31)29-24(27)30-21(17)33/h5-9,12-15,18-19,23,32,35H,10-11H2,1-4H3,(H3,27,29,30,33)/t14-,15+,18-,19+,23-,25?,41-/m1/s1. The molecule has 3 aromatic rings. The molecule has 1 aliphatic heterocycles. The van der Waals surface area contributed by atoms with Crippen molar-refractivity contribution in [2.75, 3.05) is 18.6 Å². The summed E-state index contributed by atoms with van der Waals surface area (Å²) in [4.78, 5) is 34.9. The van der Waals surface area contributed by atoms with E-state index in [1.807, 2.05) is 0 Å². The first-order chi connectivity index (χ1) is 19.3. The van der Waals surface area contributed by atoms with Gasteiger partial charge >= 0.3 is 13.6 Å². The molecule has 0 aliphatic carbocycles. The maximum atomic E-state index is 14.4. The van der Waals surface area contributed by atoms with Crippen molar-refractivity contribution in [1.29, 1.82) is 0 Å². The Hall–Kier alpha value is -3.36. The number of nitrogens with one attached hydrogen (secondary N) is 1. The molecule has 0 amide bonds. The van der Waals surface area contributed by atoms with Crippen LogP contribution in [0, 0.1) is 5.92 Å². The molecule has 0 saturated carbocycles. The van der Waals surface area contributed by atoms with Gasteiger partial charge in [0.1, 0.15) is 24.6 Å². The molecular formula is C25H33FN5O9P. The second-order valence-corrected chi connectivity index (χ2v) is 12.2. The van der Waals surface area contributed by atoms with Crippen LogP contribution < -0.4 is 15.8 Å². The number of halogens is 1. The van der Waals surface area contributed by atoms with Crippen LogP contribution in [0.25, 0.3) is 11.2 Å². The fraction of sp³-hybridized carbons (Fsp3) is 0.520. The molecule has 4 rings (SSSR count). The van der Waals surface area contributed by atoms with Crippen molar-refractivity contribution < 1.29 is 42.5 Å². The van der Waals surface area contributed by atoms with Crippen molar-refractivity contribution in [3.05, 3.63) is 47.0 Å². The number of nitrogen functional groups attached to an aromatic ring is 1. The normalized spacial score (nSPS) is 25.6. The smallest absolute Gasteiger partial charge is 0.380 e. The van der Waals surface area contributed by atoms with Crippen LogP contribution in [-0.2, 0) is 23.4 Å². The van der Waals surface area contributed by atoms with Crippen molar-refractivity contribution in [1.82, 2.24) is 19.5 Å². The molecule has 1 fully saturated rings. The number of ether oxygens (including phenoxy) is 2. The van der Waals surface area contributed by atoms with Gasteiger partial charge in [-0.25, -0.2) is 13.9 Å². The number of rotatable bonds is 11. The Morgan fingerprint density at radius 3 is 2.61 bits per heavy atom. The van der Waals surface area contributed by atoms with Crippen molar-refractivity contribution in [3.8, 4) is 5.75 Å². The SMILES string of the molecule is CC(C)OC(=O)[C@H](C)C[P@](=O)(Oc1ccccc1)O[C@@H](C)[C@H]1O[C@@H](n2cnc3c(=O)[nH]c(N)nc32)C(O)(CF)[C@H]1O. The van der Waals surface area contributed by atoms with E-state index in [2.05, 4.69) is 15.0 Å². The molecule has 16 heteroatoms. The Labute approximate surface area is 234 Å². The van der Waals surface area contributed by atoms with Gasteiger partial charge < -0.3 is 29.9 Å². The van der Waals surface area contributed by atoms with Gasteiger partial charge in [-0.05, 0) is 32.9 Å². The first-order valence-electron chi connectivity index (χ1n) is 12.8. The number of aliphatic hydroxyl groups excluding tert-OH is 1. The number of nitrogens with two attached hydrogens (primary N) is 1. The molecule has 224 valence electrons. The summed E-state index contributed by atoms with van der Waals surface area (Å²) in [6.07, 6.45) is -5.98. The van der Waals surface area contributed by atoms with Gasteiger partial charge in [0.05, 0.1) is 30.6 Å². The lowest BCUT2D eigenvalue weighted by Crippen LogP contribution is -2.50. The van der Waals surface area contributed by atoms with Crippen molar-refractivity contribution in [2.45, 2.75) is 63.9 Å². The van der Waals surface area contributed by atoms with Crippen LogP contribution in [0.4, 0.5) is 10.3 Å². The number of aliphatic hydroxyl groups is 2. The third-order valence-corrected chi connectivity index (χ3v) is 8.62. The summed E-state index contributed by atoms with van der Waals surface area (Å²) < 4.78 is 52.1. The number of hydrogen-bond donors (Lipinski definition) is 4. The van der Waals surface area contributed by atoms with Gasteiger partial charge in [-0.3, -0.25) is 23.7 Å². The summed E-state index contributed by atoms with van der Waals surface area (Å²) in [6.45, 7) is 4.77. The molecule has 1 unspecified atom stereocenters. The summed E-state index contributed by atoms with van der Waals surface area (Å²) in [5, 5.41) is 22.2. The molecule has 14 nitrogen and oxygen atoms in total. The summed E-state index contributed by atoms with van der Waals surface area (Å²) in [5.41, 5.74) is 2.14. The number of hydrogen-bond acceptors (Lipinski definition) is 12. The van der Waals surface area contributed by atoms with Gasteiger partial charge in [0.2, 0.25) is 5.95 Å². The Bertz CT molecular complexity index is 1490. The van der Waals surface area contributed by atoms with Crippen LogP contribution in [0.2, 0.25) is 0 Å². The number of esters is 1. The molecule has 7 atom stereocenters. The number of nitrogens with zero attached hydrogens (tertiary/aromatic N) is 3. The molecule has 41 heavy (non-hydrogen) atoms. The number of H-pyrrole nitrogens is 1. The van der Waals surface area contributed by atoms with Crippen LogP contribution in [0.15, 0.2) is 41.5 Å². The van der Waals surface area contributed by atoms with Gasteiger partial charge in [-0.1, -0.05) is 25.1 Å². The van der Waals surface area contributed by atoms with E-state index in [9.17, 15) is 28.8 Å². The van der Waals surface area contributed by atoms with Crippen molar-refractivity contribution in [2.24, 2.45) is 5.92 Å². The van der Waals surface area contributed by atoms with Crippen molar-refractivity contribution >= 4 is 30.7 Å². The van der Waals surface area contributed by atoms with E-state index in [1.54, 1.807) is 44.2 Å². The predicted octanol–water partition coefficient (Wildman–Crippen LogP) is 1.93. The van der Waals surface area contributed by atoms with E-state index >= 15 is 0 Å². The predicted molar refractivity (Wildman–Crippen MR) is 144 cm³/mol. The number of para-hydroxylation sites is 1. The highest BCUT2D eigenvalue weighted by Gasteiger charge is 2.59. The van der Waals surface area contributed by atoms with Crippen LogP contribution in [0.1, 0.15) is 33.9 Å². The van der Waals surface area contributed by atoms with Gasteiger partial charge in [-0.2, -0.15) is 4.98 Å². The average Bonchev–Trinajstić information content (AvgIpc) is 3.42. The number of aromatic nitrogens is 4. The maximum absolute atomic E-state index is 14.4. The third kappa shape index (κ3) is 6.28. The molecular weight excluding hydrogens is 564 g/mol. The van der Waals surface area contributed by atoms with E-state index in [0.29, 0.717) is 0 Å². The largest absolute Gasteiger partial charge is 0.463 e. The fourth-order valence-corrected chi connectivity index (χ4v) is 6.61. The Morgan fingerprint density at radius 2 is 1.98 bits per heavy atom. The van der Waals surface area contributed by atoms with E-state index < -0.39 is 74.1 Å². The Kier molecular flexibility index (Phi) is 8.85. The van der Waals surface area contributed by atoms with E-state index in [1.165, 1.54) is 13.8 Å². The number of carbonyl (C=O) groups is 1. The molecule has 0 radical (unpaired) electrons. The number of carbonyl (C=O) groups excluding carboxylic acids is 1. The first kappa shape index (κ1) is 30.6. The van der Waals surface area contributed by atoms with Gasteiger partial charge in [0.25, 0.3) is 5.56 Å². The highest BCUT2D eigenvalue weighted by Crippen LogP contribution is 2.53. The van der Waals surface area contributed by atoms with Crippen LogP contribution in [0.3, 0.4) is 0 Å². The monoisotopic (exact) mass is 597 g/mol. The zero-order chi connectivity index (χ0) is 30.1.